The summed E-state index contributed by atoms with van der Waals surface area (Å²) in [6, 6.07) is 4.76. The average molecular weight is 397 g/mol. The lowest BCUT2D eigenvalue weighted by atomic mass is 10.00. The Hall–Kier alpha value is -0.860. The number of rotatable bonds is 6. The summed E-state index contributed by atoms with van der Waals surface area (Å²) in [6.45, 7) is 3.00. The molecule has 24 heavy (non-hydrogen) atoms. The lowest BCUT2D eigenvalue weighted by Gasteiger charge is -2.32. The van der Waals surface area contributed by atoms with Crippen LogP contribution in [0.4, 0.5) is 0 Å². The van der Waals surface area contributed by atoms with Crippen molar-refractivity contribution >= 4 is 40.0 Å². The largest absolute Gasteiger partial charge is 0.480 e. The number of carbonyl (C=O) groups is 1. The average Bonchev–Trinajstić information content (AvgIpc) is 2.46. The molecule has 1 aliphatic rings. The minimum atomic E-state index is -3.55. The Kier molecular flexibility index (Phi) is 7.95. The van der Waals surface area contributed by atoms with Crippen LogP contribution in [0.1, 0.15) is 18.4 Å². The molecule has 0 amide bonds. The van der Waals surface area contributed by atoms with E-state index in [1.807, 2.05) is 0 Å². The maximum absolute atomic E-state index is 12.8. The van der Waals surface area contributed by atoms with Crippen LogP contribution >= 0.6 is 24.0 Å². The van der Waals surface area contributed by atoms with E-state index in [9.17, 15) is 13.2 Å². The normalized spacial score (nSPS) is 18.8. The van der Waals surface area contributed by atoms with Crippen LogP contribution in [-0.2, 0) is 14.8 Å². The second-order valence-corrected chi connectivity index (χ2v) is 8.15. The lowest BCUT2D eigenvalue weighted by molar-refractivity contribution is -0.136. The fourth-order valence-corrected chi connectivity index (χ4v) is 4.82. The SMILES string of the molecule is Cc1cc(Cl)ccc1S(=O)(=O)N1CCCC(CNCC(=O)O)C1.Cl. The molecule has 1 heterocycles. The number of carboxylic acid groups (broad SMARTS) is 1. The molecular formula is C15H22Cl2N2O4S. The summed E-state index contributed by atoms with van der Waals surface area (Å²) in [7, 11) is -3.55. The second-order valence-electron chi connectivity index (χ2n) is 5.81. The highest BCUT2D eigenvalue weighted by Gasteiger charge is 2.31. The number of halogens is 2. The fourth-order valence-electron chi connectivity index (χ4n) is 2.84. The number of nitrogens with one attached hydrogen (secondary N) is 1. The van der Waals surface area contributed by atoms with Crippen molar-refractivity contribution in [3.8, 4) is 0 Å². The fraction of sp³-hybridized carbons (Fsp3) is 0.533. The monoisotopic (exact) mass is 396 g/mol. The molecule has 2 rings (SSSR count). The zero-order chi connectivity index (χ0) is 17.0. The molecule has 0 aliphatic carbocycles. The van der Waals surface area contributed by atoms with Crippen molar-refractivity contribution in [3.05, 3.63) is 28.8 Å². The highest BCUT2D eigenvalue weighted by Crippen LogP contribution is 2.26. The van der Waals surface area contributed by atoms with E-state index < -0.39 is 16.0 Å². The summed E-state index contributed by atoms with van der Waals surface area (Å²) in [6.07, 6.45) is 1.66. The van der Waals surface area contributed by atoms with Crippen molar-refractivity contribution in [1.82, 2.24) is 9.62 Å². The molecule has 1 atom stereocenters. The molecule has 0 spiro atoms. The van der Waals surface area contributed by atoms with Gasteiger partial charge in [0.2, 0.25) is 10.0 Å². The topological polar surface area (TPSA) is 86.7 Å². The number of nitrogens with zero attached hydrogens (tertiary/aromatic N) is 1. The van der Waals surface area contributed by atoms with E-state index in [0.717, 1.165) is 12.8 Å². The van der Waals surface area contributed by atoms with Gasteiger partial charge in [-0.15, -0.1) is 12.4 Å². The van der Waals surface area contributed by atoms with Crippen LogP contribution in [0.15, 0.2) is 23.1 Å². The van der Waals surface area contributed by atoms with Gasteiger partial charge in [0.25, 0.3) is 0 Å². The molecule has 0 aromatic heterocycles. The van der Waals surface area contributed by atoms with E-state index >= 15 is 0 Å². The molecule has 1 unspecified atom stereocenters. The highest BCUT2D eigenvalue weighted by molar-refractivity contribution is 7.89. The predicted molar refractivity (Wildman–Crippen MR) is 95.4 cm³/mol. The van der Waals surface area contributed by atoms with Gasteiger partial charge < -0.3 is 10.4 Å². The molecule has 0 radical (unpaired) electrons. The first kappa shape index (κ1) is 21.2. The molecule has 1 aliphatic heterocycles. The molecule has 0 saturated carbocycles. The third kappa shape index (κ3) is 5.32. The maximum Gasteiger partial charge on any atom is 0.317 e. The van der Waals surface area contributed by atoms with Crippen LogP contribution in [0, 0.1) is 12.8 Å². The lowest BCUT2D eigenvalue weighted by Crippen LogP contribution is -2.43. The van der Waals surface area contributed by atoms with Gasteiger partial charge in [-0.3, -0.25) is 4.79 Å². The molecule has 6 nitrogen and oxygen atoms in total. The Bertz CT molecular complexity index is 682. The highest BCUT2D eigenvalue weighted by atomic mass is 35.5. The molecule has 1 fully saturated rings. The quantitative estimate of drug-likeness (QED) is 0.768. The number of carboxylic acids is 1. The van der Waals surface area contributed by atoms with E-state index in [2.05, 4.69) is 5.32 Å². The Labute approximate surface area is 153 Å². The van der Waals surface area contributed by atoms with Crippen LogP contribution in [0.25, 0.3) is 0 Å². The first-order valence-electron chi connectivity index (χ1n) is 7.49. The number of piperidine rings is 1. The molecule has 0 bridgehead atoms. The Morgan fingerprint density at radius 3 is 2.79 bits per heavy atom. The van der Waals surface area contributed by atoms with Crippen molar-refractivity contribution in [1.29, 1.82) is 0 Å². The Balaban J connectivity index is 0.00000288. The van der Waals surface area contributed by atoms with Crippen LogP contribution in [0.3, 0.4) is 0 Å². The first-order chi connectivity index (χ1) is 10.8. The minimum absolute atomic E-state index is 0. The molecule has 1 aromatic carbocycles. The number of aliphatic carboxylic acids is 1. The first-order valence-corrected chi connectivity index (χ1v) is 9.31. The van der Waals surface area contributed by atoms with Crippen molar-refractivity contribution in [3.63, 3.8) is 0 Å². The molecule has 9 heteroatoms. The van der Waals surface area contributed by atoms with Gasteiger partial charge in [-0.05, 0) is 56.0 Å². The van der Waals surface area contributed by atoms with E-state index in [1.165, 1.54) is 4.31 Å². The van der Waals surface area contributed by atoms with Crippen LogP contribution < -0.4 is 5.32 Å². The second kappa shape index (κ2) is 9.01. The molecular weight excluding hydrogens is 375 g/mol. The van der Waals surface area contributed by atoms with Crippen LogP contribution in [-0.4, -0.2) is 50.0 Å². The van der Waals surface area contributed by atoms with E-state index in [0.29, 0.717) is 30.2 Å². The Morgan fingerprint density at radius 1 is 1.46 bits per heavy atom. The van der Waals surface area contributed by atoms with Crippen LogP contribution in [0.2, 0.25) is 5.02 Å². The zero-order valence-electron chi connectivity index (χ0n) is 13.4. The van der Waals surface area contributed by atoms with Gasteiger partial charge in [-0.25, -0.2) is 8.42 Å². The van der Waals surface area contributed by atoms with Crippen molar-refractivity contribution < 1.29 is 18.3 Å². The van der Waals surface area contributed by atoms with Crippen molar-refractivity contribution in [2.24, 2.45) is 5.92 Å². The summed E-state index contributed by atoms with van der Waals surface area (Å²) in [4.78, 5) is 10.8. The van der Waals surface area contributed by atoms with Gasteiger partial charge in [-0.1, -0.05) is 11.6 Å². The summed E-state index contributed by atoms with van der Waals surface area (Å²) in [5.74, 6) is -0.799. The predicted octanol–water partition coefficient (Wildman–Crippen LogP) is 2.15. The number of sulfonamides is 1. The third-order valence-electron chi connectivity index (χ3n) is 3.95. The van der Waals surface area contributed by atoms with Gasteiger partial charge in [0.15, 0.2) is 0 Å². The summed E-state index contributed by atoms with van der Waals surface area (Å²) >= 11 is 5.89. The number of hydrogen-bond acceptors (Lipinski definition) is 4. The third-order valence-corrected chi connectivity index (χ3v) is 6.21. The van der Waals surface area contributed by atoms with Crippen LogP contribution in [0.5, 0.6) is 0 Å². The smallest absolute Gasteiger partial charge is 0.317 e. The van der Waals surface area contributed by atoms with Gasteiger partial charge in [0.1, 0.15) is 0 Å². The molecule has 1 aromatic rings. The zero-order valence-corrected chi connectivity index (χ0v) is 15.8. The van der Waals surface area contributed by atoms with Gasteiger partial charge in [0.05, 0.1) is 11.4 Å². The summed E-state index contributed by atoms with van der Waals surface area (Å²) in [5.41, 5.74) is 0.628. The number of benzene rings is 1. The number of hydrogen-bond donors (Lipinski definition) is 2. The maximum atomic E-state index is 12.8. The molecule has 2 N–H and O–H groups in total. The standard InChI is InChI=1S/C15H21ClN2O4S.ClH/c1-11-7-13(16)4-5-14(11)23(21,22)18-6-2-3-12(10-18)8-17-9-15(19)20;/h4-5,7,12,17H,2-3,6,8-10H2,1H3,(H,19,20);1H. The van der Waals surface area contributed by atoms with Crippen molar-refractivity contribution in [2.45, 2.75) is 24.7 Å². The molecule has 1 saturated heterocycles. The summed E-state index contributed by atoms with van der Waals surface area (Å²) in [5, 5.41) is 12.0. The minimum Gasteiger partial charge on any atom is -0.480 e. The van der Waals surface area contributed by atoms with E-state index in [4.69, 9.17) is 16.7 Å². The van der Waals surface area contributed by atoms with E-state index in [-0.39, 0.29) is 29.8 Å². The van der Waals surface area contributed by atoms with E-state index in [1.54, 1.807) is 25.1 Å². The Morgan fingerprint density at radius 2 is 2.17 bits per heavy atom. The number of aryl methyl sites for hydroxylation is 1. The molecule has 136 valence electrons. The van der Waals surface area contributed by atoms with Crippen molar-refractivity contribution in [2.75, 3.05) is 26.2 Å². The van der Waals surface area contributed by atoms with Gasteiger partial charge >= 0.3 is 5.97 Å². The van der Waals surface area contributed by atoms with Gasteiger partial charge in [-0.2, -0.15) is 4.31 Å². The summed E-state index contributed by atoms with van der Waals surface area (Å²) < 4.78 is 27.1. The van der Waals surface area contributed by atoms with Gasteiger partial charge in [0, 0.05) is 18.1 Å².